The first-order chi connectivity index (χ1) is 9.18. The smallest absolute Gasteiger partial charge is 0.217 e. The van der Waals surface area contributed by atoms with Gasteiger partial charge < -0.3 is 0 Å². The van der Waals surface area contributed by atoms with Crippen molar-refractivity contribution in [2.75, 3.05) is 13.1 Å². The number of aromatic nitrogens is 3. The van der Waals surface area contributed by atoms with E-state index in [0.29, 0.717) is 13.1 Å². The topological polar surface area (TPSA) is 68.1 Å². The molecule has 0 amide bonds. The molecule has 7 heteroatoms. The van der Waals surface area contributed by atoms with Crippen LogP contribution >= 0.6 is 0 Å². The summed E-state index contributed by atoms with van der Waals surface area (Å²) in [5.41, 5.74) is 0. The van der Waals surface area contributed by atoms with Crippen LogP contribution in [0.5, 0.6) is 0 Å². The zero-order valence-corrected chi connectivity index (χ0v) is 11.8. The second kappa shape index (κ2) is 5.20. The van der Waals surface area contributed by atoms with E-state index in [0.717, 1.165) is 32.1 Å². The van der Waals surface area contributed by atoms with E-state index in [2.05, 4.69) is 10.3 Å². The number of rotatable bonds is 3. The molecule has 0 bridgehead atoms. The van der Waals surface area contributed by atoms with E-state index in [9.17, 15) is 8.42 Å². The average molecular weight is 284 g/mol. The molecule has 3 rings (SSSR count). The maximum atomic E-state index is 12.6. The van der Waals surface area contributed by atoms with Crippen LogP contribution in [0.25, 0.3) is 0 Å². The van der Waals surface area contributed by atoms with Crippen LogP contribution in [0.4, 0.5) is 0 Å². The first-order valence-electron chi connectivity index (χ1n) is 7.02. The van der Waals surface area contributed by atoms with Crippen LogP contribution in [-0.4, -0.2) is 46.1 Å². The van der Waals surface area contributed by atoms with Crippen LogP contribution in [0.1, 0.15) is 44.6 Å². The normalized spacial score (nSPS) is 26.8. The molecule has 6 nitrogen and oxygen atoms in total. The second-order valence-corrected chi connectivity index (χ2v) is 7.70. The molecular formula is C12H20N4O2S. The number of hydrogen-bond donors (Lipinski definition) is 0. The zero-order valence-electron chi connectivity index (χ0n) is 11.0. The molecule has 2 heterocycles. The molecule has 2 aliphatic rings. The molecule has 106 valence electrons. The van der Waals surface area contributed by atoms with E-state index in [1.807, 2.05) is 0 Å². The van der Waals surface area contributed by atoms with Gasteiger partial charge in [-0.15, -0.1) is 5.10 Å². The van der Waals surface area contributed by atoms with Crippen molar-refractivity contribution in [2.24, 2.45) is 0 Å². The standard InChI is InChI=1S/C12H20N4O2S/c17-19(18,12-4-2-1-3-5-12)15-8-6-11(10-15)16-9-7-13-14-16/h7,9,11-12H,1-6,8,10H2. The van der Waals surface area contributed by atoms with Crippen molar-refractivity contribution in [1.29, 1.82) is 0 Å². The van der Waals surface area contributed by atoms with E-state index in [-0.39, 0.29) is 11.3 Å². The van der Waals surface area contributed by atoms with Gasteiger partial charge in [-0.1, -0.05) is 24.5 Å². The lowest BCUT2D eigenvalue weighted by atomic mass is 10.0. The van der Waals surface area contributed by atoms with Gasteiger partial charge in [0.1, 0.15) is 0 Å². The molecule has 2 fully saturated rings. The predicted octanol–water partition coefficient (Wildman–Crippen LogP) is 1.19. The Labute approximate surface area is 113 Å². The fraction of sp³-hybridized carbons (Fsp3) is 0.833. The third kappa shape index (κ3) is 2.53. The highest BCUT2D eigenvalue weighted by Gasteiger charge is 2.37. The largest absolute Gasteiger partial charge is 0.248 e. The summed E-state index contributed by atoms with van der Waals surface area (Å²) in [6, 6.07) is 0.140. The van der Waals surface area contributed by atoms with Crippen LogP contribution in [-0.2, 0) is 10.0 Å². The van der Waals surface area contributed by atoms with E-state index in [1.165, 1.54) is 6.42 Å². The molecule has 0 spiro atoms. The summed E-state index contributed by atoms with van der Waals surface area (Å²) in [5, 5.41) is 7.60. The highest BCUT2D eigenvalue weighted by Crippen LogP contribution is 2.30. The molecule has 1 aromatic rings. The van der Waals surface area contributed by atoms with Gasteiger partial charge in [0.2, 0.25) is 10.0 Å². The van der Waals surface area contributed by atoms with Gasteiger partial charge in [0, 0.05) is 19.3 Å². The van der Waals surface area contributed by atoms with Crippen molar-refractivity contribution >= 4 is 10.0 Å². The second-order valence-electron chi connectivity index (χ2n) is 5.49. The Kier molecular flexibility index (Phi) is 3.58. The lowest BCUT2D eigenvalue weighted by Crippen LogP contribution is -2.38. The first kappa shape index (κ1) is 13.1. The van der Waals surface area contributed by atoms with E-state index >= 15 is 0 Å². The van der Waals surface area contributed by atoms with Crippen molar-refractivity contribution < 1.29 is 8.42 Å². The van der Waals surface area contributed by atoms with Crippen molar-refractivity contribution in [3.8, 4) is 0 Å². The molecule has 19 heavy (non-hydrogen) atoms. The average Bonchev–Trinajstić information content (AvgIpc) is 3.10. The molecule has 1 saturated carbocycles. The number of nitrogens with zero attached hydrogens (tertiary/aromatic N) is 4. The molecule has 1 aromatic heterocycles. The zero-order chi connectivity index (χ0) is 13.3. The van der Waals surface area contributed by atoms with Crippen LogP contribution < -0.4 is 0 Å². The van der Waals surface area contributed by atoms with Crippen LogP contribution in [0.2, 0.25) is 0 Å². The molecule has 0 N–H and O–H groups in total. The van der Waals surface area contributed by atoms with Gasteiger partial charge in [-0.05, 0) is 19.3 Å². The highest BCUT2D eigenvalue weighted by molar-refractivity contribution is 7.89. The van der Waals surface area contributed by atoms with E-state index in [1.54, 1.807) is 21.4 Å². The van der Waals surface area contributed by atoms with Crippen molar-refractivity contribution in [3.05, 3.63) is 12.4 Å². The molecule has 1 aliphatic carbocycles. The quantitative estimate of drug-likeness (QED) is 0.836. The molecule has 1 unspecified atom stereocenters. The summed E-state index contributed by atoms with van der Waals surface area (Å²) >= 11 is 0. The Bertz CT molecular complexity index is 508. The Morgan fingerprint density at radius 3 is 2.58 bits per heavy atom. The first-order valence-corrected chi connectivity index (χ1v) is 8.53. The molecule has 0 aromatic carbocycles. The maximum Gasteiger partial charge on any atom is 0.217 e. The predicted molar refractivity (Wildman–Crippen MR) is 71.0 cm³/mol. The van der Waals surface area contributed by atoms with Crippen LogP contribution in [0.3, 0.4) is 0 Å². The van der Waals surface area contributed by atoms with Gasteiger partial charge in [0.15, 0.2) is 0 Å². The third-order valence-electron chi connectivity index (χ3n) is 4.27. The van der Waals surface area contributed by atoms with Crippen molar-refractivity contribution in [1.82, 2.24) is 19.3 Å². The monoisotopic (exact) mass is 284 g/mol. The van der Waals surface area contributed by atoms with E-state index in [4.69, 9.17) is 0 Å². The summed E-state index contributed by atoms with van der Waals surface area (Å²) in [6.45, 7) is 1.16. The summed E-state index contributed by atoms with van der Waals surface area (Å²) < 4.78 is 28.6. The Hall–Kier alpha value is -0.950. The Balaban J connectivity index is 1.69. The maximum absolute atomic E-state index is 12.6. The minimum atomic E-state index is -3.11. The van der Waals surface area contributed by atoms with Gasteiger partial charge in [0.25, 0.3) is 0 Å². The van der Waals surface area contributed by atoms with Crippen molar-refractivity contribution in [3.63, 3.8) is 0 Å². The summed E-state index contributed by atoms with van der Waals surface area (Å²) in [4.78, 5) is 0. The van der Waals surface area contributed by atoms with Crippen LogP contribution in [0.15, 0.2) is 12.4 Å². The Morgan fingerprint density at radius 2 is 1.89 bits per heavy atom. The number of sulfonamides is 1. The lowest BCUT2D eigenvalue weighted by molar-refractivity contribution is 0.407. The van der Waals surface area contributed by atoms with E-state index < -0.39 is 10.0 Å². The fourth-order valence-electron chi connectivity index (χ4n) is 3.14. The highest BCUT2D eigenvalue weighted by atomic mass is 32.2. The molecular weight excluding hydrogens is 264 g/mol. The molecule has 0 radical (unpaired) electrons. The molecule has 1 aliphatic heterocycles. The minimum Gasteiger partial charge on any atom is -0.248 e. The molecule has 1 atom stereocenters. The van der Waals surface area contributed by atoms with Gasteiger partial charge in [-0.25, -0.2) is 13.1 Å². The van der Waals surface area contributed by atoms with Gasteiger partial charge in [-0.3, -0.25) is 0 Å². The fourth-order valence-corrected chi connectivity index (χ4v) is 5.23. The summed E-state index contributed by atoms with van der Waals surface area (Å²) in [5.74, 6) is 0. The van der Waals surface area contributed by atoms with Gasteiger partial charge in [0.05, 0.1) is 17.5 Å². The Morgan fingerprint density at radius 1 is 1.11 bits per heavy atom. The van der Waals surface area contributed by atoms with Crippen LogP contribution in [0, 0.1) is 0 Å². The summed E-state index contributed by atoms with van der Waals surface area (Å²) in [6.07, 6.45) is 9.19. The third-order valence-corrected chi connectivity index (χ3v) is 6.64. The van der Waals surface area contributed by atoms with Gasteiger partial charge >= 0.3 is 0 Å². The molecule has 1 saturated heterocycles. The summed E-state index contributed by atoms with van der Waals surface area (Å²) in [7, 11) is -3.11. The lowest BCUT2D eigenvalue weighted by Gasteiger charge is -2.26. The minimum absolute atomic E-state index is 0.140. The van der Waals surface area contributed by atoms with Crippen molar-refractivity contribution in [2.45, 2.75) is 49.8 Å². The SMILES string of the molecule is O=S(=O)(C1CCCCC1)N1CCC(n2ccnn2)C1. The van der Waals surface area contributed by atoms with Gasteiger partial charge in [-0.2, -0.15) is 4.31 Å². The number of hydrogen-bond acceptors (Lipinski definition) is 4.